The van der Waals surface area contributed by atoms with Crippen LogP contribution < -0.4 is 9.47 Å². The number of benzene rings is 1. The highest BCUT2D eigenvalue weighted by atomic mass is 16.5. The number of hydrogen-bond acceptors (Lipinski definition) is 4. The predicted octanol–water partition coefficient (Wildman–Crippen LogP) is 2.58. The Morgan fingerprint density at radius 2 is 1.80 bits per heavy atom. The Morgan fingerprint density at radius 3 is 2.55 bits per heavy atom. The fourth-order valence-electron chi connectivity index (χ4n) is 2.36. The van der Waals surface area contributed by atoms with Crippen LogP contribution in [-0.4, -0.2) is 51.5 Å². The largest absolute Gasteiger partial charge is 0.493 e. The SMILES string of the molecule is COc1ccccc1OCCCCCN1CCOCC1. The molecule has 4 nitrogen and oxygen atoms in total. The van der Waals surface area contributed by atoms with E-state index in [0.717, 1.165) is 50.8 Å². The Bertz CT molecular complexity index is 378. The van der Waals surface area contributed by atoms with E-state index in [1.807, 2.05) is 24.3 Å². The van der Waals surface area contributed by atoms with Crippen LogP contribution in [0.2, 0.25) is 0 Å². The molecule has 112 valence electrons. The molecule has 0 bridgehead atoms. The van der Waals surface area contributed by atoms with E-state index in [1.165, 1.54) is 19.4 Å². The molecule has 0 spiro atoms. The van der Waals surface area contributed by atoms with Crippen LogP contribution in [0.15, 0.2) is 24.3 Å². The van der Waals surface area contributed by atoms with Gasteiger partial charge < -0.3 is 14.2 Å². The molecule has 0 amide bonds. The van der Waals surface area contributed by atoms with Crippen molar-refractivity contribution in [2.45, 2.75) is 19.3 Å². The smallest absolute Gasteiger partial charge is 0.161 e. The number of unbranched alkanes of at least 4 members (excludes halogenated alkanes) is 2. The quantitative estimate of drug-likeness (QED) is 0.684. The maximum atomic E-state index is 5.76. The number of morpholine rings is 1. The summed E-state index contributed by atoms with van der Waals surface area (Å²) in [5.41, 5.74) is 0. The molecule has 1 aliphatic heterocycles. The van der Waals surface area contributed by atoms with E-state index in [2.05, 4.69) is 4.90 Å². The van der Waals surface area contributed by atoms with Crippen LogP contribution in [0.25, 0.3) is 0 Å². The van der Waals surface area contributed by atoms with Gasteiger partial charge in [-0.3, -0.25) is 4.90 Å². The van der Waals surface area contributed by atoms with E-state index >= 15 is 0 Å². The van der Waals surface area contributed by atoms with E-state index in [1.54, 1.807) is 7.11 Å². The minimum Gasteiger partial charge on any atom is -0.493 e. The van der Waals surface area contributed by atoms with Gasteiger partial charge in [0.15, 0.2) is 11.5 Å². The Hall–Kier alpha value is -1.26. The highest BCUT2D eigenvalue weighted by Crippen LogP contribution is 2.25. The van der Waals surface area contributed by atoms with Crippen molar-refractivity contribution in [1.29, 1.82) is 0 Å². The van der Waals surface area contributed by atoms with Gasteiger partial charge in [-0.05, 0) is 37.9 Å². The van der Waals surface area contributed by atoms with Gasteiger partial charge >= 0.3 is 0 Å². The minimum absolute atomic E-state index is 0.753. The molecule has 0 radical (unpaired) electrons. The molecule has 0 unspecified atom stereocenters. The number of methoxy groups -OCH3 is 1. The normalized spacial score (nSPS) is 16.1. The van der Waals surface area contributed by atoms with Crippen molar-refractivity contribution in [3.8, 4) is 11.5 Å². The Labute approximate surface area is 121 Å². The zero-order chi connectivity index (χ0) is 14.0. The van der Waals surface area contributed by atoms with Crippen LogP contribution >= 0.6 is 0 Å². The van der Waals surface area contributed by atoms with Gasteiger partial charge in [0.2, 0.25) is 0 Å². The van der Waals surface area contributed by atoms with Gasteiger partial charge in [-0.15, -0.1) is 0 Å². The minimum atomic E-state index is 0.753. The third-order valence-electron chi connectivity index (χ3n) is 3.55. The second-order valence-electron chi connectivity index (χ2n) is 5.01. The summed E-state index contributed by atoms with van der Waals surface area (Å²) in [5.74, 6) is 1.64. The Morgan fingerprint density at radius 1 is 1.05 bits per heavy atom. The molecule has 4 heteroatoms. The maximum absolute atomic E-state index is 5.76. The molecule has 2 rings (SSSR count). The summed E-state index contributed by atoms with van der Waals surface area (Å²) in [6.07, 6.45) is 3.52. The molecular weight excluding hydrogens is 254 g/mol. The van der Waals surface area contributed by atoms with Crippen molar-refractivity contribution < 1.29 is 14.2 Å². The van der Waals surface area contributed by atoms with Gasteiger partial charge in [-0.1, -0.05) is 12.1 Å². The summed E-state index contributed by atoms with van der Waals surface area (Å²) in [6.45, 7) is 5.87. The third-order valence-corrected chi connectivity index (χ3v) is 3.55. The lowest BCUT2D eigenvalue weighted by Gasteiger charge is -2.26. The molecule has 0 aromatic heterocycles. The number of nitrogens with zero attached hydrogens (tertiary/aromatic N) is 1. The first-order chi connectivity index (χ1) is 9.90. The molecule has 0 N–H and O–H groups in total. The first kappa shape index (κ1) is 15.1. The van der Waals surface area contributed by atoms with Gasteiger partial charge in [-0.25, -0.2) is 0 Å². The van der Waals surface area contributed by atoms with Gasteiger partial charge in [-0.2, -0.15) is 0 Å². The van der Waals surface area contributed by atoms with Gasteiger partial charge in [0, 0.05) is 13.1 Å². The highest BCUT2D eigenvalue weighted by Gasteiger charge is 2.09. The first-order valence-corrected chi connectivity index (χ1v) is 7.46. The van der Waals surface area contributed by atoms with Crippen molar-refractivity contribution in [1.82, 2.24) is 4.90 Å². The van der Waals surface area contributed by atoms with Gasteiger partial charge in [0.25, 0.3) is 0 Å². The summed E-state index contributed by atoms with van der Waals surface area (Å²) < 4.78 is 16.4. The Kier molecular flexibility index (Phi) is 6.68. The molecular formula is C16H25NO3. The van der Waals surface area contributed by atoms with Crippen LogP contribution in [0.3, 0.4) is 0 Å². The lowest BCUT2D eigenvalue weighted by atomic mass is 10.2. The van der Waals surface area contributed by atoms with E-state index in [4.69, 9.17) is 14.2 Å². The second-order valence-corrected chi connectivity index (χ2v) is 5.01. The van der Waals surface area contributed by atoms with Crippen molar-refractivity contribution in [2.24, 2.45) is 0 Å². The second kappa shape index (κ2) is 8.82. The topological polar surface area (TPSA) is 30.9 Å². The van der Waals surface area contributed by atoms with E-state index < -0.39 is 0 Å². The zero-order valence-corrected chi connectivity index (χ0v) is 12.3. The standard InChI is InChI=1S/C16H25NO3/c1-18-15-7-3-4-8-16(15)20-12-6-2-5-9-17-10-13-19-14-11-17/h3-4,7-8H,2,5-6,9-14H2,1H3. The van der Waals surface area contributed by atoms with Crippen LogP contribution in [0.1, 0.15) is 19.3 Å². The van der Waals surface area contributed by atoms with Crippen LogP contribution in [-0.2, 0) is 4.74 Å². The van der Waals surface area contributed by atoms with Crippen molar-refractivity contribution in [2.75, 3.05) is 46.6 Å². The monoisotopic (exact) mass is 279 g/mol. The number of hydrogen-bond donors (Lipinski definition) is 0. The van der Waals surface area contributed by atoms with Crippen LogP contribution in [0, 0.1) is 0 Å². The van der Waals surface area contributed by atoms with E-state index in [-0.39, 0.29) is 0 Å². The lowest BCUT2D eigenvalue weighted by molar-refractivity contribution is 0.0370. The van der Waals surface area contributed by atoms with Crippen molar-refractivity contribution in [3.63, 3.8) is 0 Å². The van der Waals surface area contributed by atoms with Gasteiger partial charge in [0.1, 0.15) is 0 Å². The van der Waals surface area contributed by atoms with Gasteiger partial charge in [0.05, 0.1) is 26.9 Å². The molecule has 20 heavy (non-hydrogen) atoms. The zero-order valence-electron chi connectivity index (χ0n) is 12.3. The molecule has 1 fully saturated rings. The van der Waals surface area contributed by atoms with Crippen LogP contribution in [0.4, 0.5) is 0 Å². The van der Waals surface area contributed by atoms with Crippen molar-refractivity contribution in [3.05, 3.63) is 24.3 Å². The molecule has 0 atom stereocenters. The fourth-order valence-corrected chi connectivity index (χ4v) is 2.36. The van der Waals surface area contributed by atoms with Crippen LogP contribution in [0.5, 0.6) is 11.5 Å². The first-order valence-electron chi connectivity index (χ1n) is 7.46. The number of rotatable bonds is 8. The van der Waals surface area contributed by atoms with E-state index in [9.17, 15) is 0 Å². The summed E-state index contributed by atoms with van der Waals surface area (Å²) in [4.78, 5) is 2.48. The number of para-hydroxylation sites is 2. The lowest BCUT2D eigenvalue weighted by Crippen LogP contribution is -2.36. The number of ether oxygens (including phenoxy) is 3. The average Bonchev–Trinajstić information content (AvgIpc) is 2.52. The third kappa shape index (κ3) is 5.02. The maximum Gasteiger partial charge on any atom is 0.161 e. The fraction of sp³-hybridized carbons (Fsp3) is 0.625. The average molecular weight is 279 g/mol. The molecule has 0 aliphatic carbocycles. The summed E-state index contributed by atoms with van der Waals surface area (Å²) in [7, 11) is 1.67. The van der Waals surface area contributed by atoms with Crippen molar-refractivity contribution >= 4 is 0 Å². The summed E-state index contributed by atoms with van der Waals surface area (Å²) >= 11 is 0. The highest BCUT2D eigenvalue weighted by molar-refractivity contribution is 5.39. The molecule has 1 aliphatic rings. The molecule has 1 saturated heterocycles. The summed E-state index contributed by atoms with van der Waals surface area (Å²) in [6, 6.07) is 7.80. The molecule has 1 aromatic carbocycles. The molecule has 0 saturated carbocycles. The molecule has 1 aromatic rings. The summed E-state index contributed by atoms with van der Waals surface area (Å²) in [5, 5.41) is 0. The predicted molar refractivity (Wildman–Crippen MR) is 79.6 cm³/mol. The Balaban J connectivity index is 1.55. The molecule has 1 heterocycles. The van der Waals surface area contributed by atoms with E-state index in [0.29, 0.717) is 0 Å².